The molecule has 1 aromatic carbocycles. The molecule has 3 aromatic rings. The molecular formula is C16H17N2O3S+. The third-order valence-corrected chi connectivity index (χ3v) is 4.12. The third-order valence-electron chi connectivity index (χ3n) is 3.53. The maximum atomic E-state index is 12.8. The van der Waals surface area contributed by atoms with E-state index in [4.69, 9.17) is 4.42 Å². The van der Waals surface area contributed by atoms with Crippen LogP contribution < -0.4 is 10.3 Å². The molecule has 0 aliphatic heterocycles. The highest BCUT2D eigenvalue weighted by Gasteiger charge is 2.19. The zero-order chi connectivity index (χ0) is 15.9. The van der Waals surface area contributed by atoms with Gasteiger partial charge in [-0.05, 0) is 19.1 Å². The van der Waals surface area contributed by atoms with Crippen LogP contribution in [-0.2, 0) is 6.54 Å². The standard InChI is InChI=1S/C16H16N2O3S/c1-9-14(12-7-22-8-17-12)15(20)10-4-5-13(19)11(6-18(2)3)16(10)21-9/h4-5,7-8,19H,6H2,1-3H3/p+1. The van der Waals surface area contributed by atoms with Crippen LogP contribution in [0.15, 0.2) is 32.2 Å². The van der Waals surface area contributed by atoms with Crippen LogP contribution in [0.3, 0.4) is 0 Å². The quantitative estimate of drug-likeness (QED) is 0.769. The molecule has 0 aliphatic carbocycles. The highest BCUT2D eigenvalue weighted by Crippen LogP contribution is 2.29. The number of phenolic OH excluding ortho intramolecular Hbond substituents is 1. The first-order valence-electron chi connectivity index (χ1n) is 6.95. The van der Waals surface area contributed by atoms with E-state index >= 15 is 0 Å². The highest BCUT2D eigenvalue weighted by molar-refractivity contribution is 7.07. The summed E-state index contributed by atoms with van der Waals surface area (Å²) in [4.78, 5) is 18.2. The van der Waals surface area contributed by atoms with E-state index in [1.54, 1.807) is 24.6 Å². The molecule has 0 saturated carbocycles. The van der Waals surface area contributed by atoms with E-state index in [2.05, 4.69) is 4.98 Å². The molecule has 0 saturated heterocycles. The van der Waals surface area contributed by atoms with Crippen molar-refractivity contribution in [3.63, 3.8) is 0 Å². The molecule has 0 radical (unpaired) electrons. The summed E-state index contributed by atoms with van der Waals surface area (Å²) in [7, 11) is 3.96. The summed E-state index contributed by atoms with van der Waals surface area (Å²) in [6.45, 7) is 2.33. The number of hydrogen-bond donors (Lipinski definition) is 2. The molecule has 0 atom stereocenters. The Morgan fingerprint density at radius 2 is 2.14 bits per heavy atom. The third kappa shape index (κ3) is 2.40. The normalized spacial score (nSPS) is 11.5. The predicted octanol–water partition coefficient (Wildman–Crippen LogP) is 1.58. The van der Waals surface area contributed by atoms with Crippen LogP contribution in [0.4, 0.5) is 0 Å². The van der Waals surface area contributed by atoms with E-state index in [-0.39, 0.29) is 11.2 Å². The molecule has 22 heavy (non-hydrogen) atoms. The van der Waals surface area contributed by atoms with Crippen LogP contribution in [0, 0.1) is 6.92 Å². The topological polar surface area (TPSA) is 67.8 Å². The van der Waals surface area contributed by atoms with Gasteiger partial charge in [-0.15, -0.1) is 11.3 Å². The van der Waals surface area contributed by atoms with Crippen molar-refractivity contribution in [3.8, 4) is 17.0 Å². The van der Waals surface area contributed by atoms with Gasteiger partial charge in [-0.25, -0.2) is 4.98 Å². The van der Waals surface area contributed by atoms with Gasteiger partial charge in [-0.1, -0.05) is 0 Å². The minimum absolute atomic E-state index is 0.111. The molecule has 0 bridgehead atoms. The molecule has 2 heterocycles. The minimum atomic E-state index is -0.111. The second-order valence-electron chi connectivity index (χ2n) is 5.56. The second kappa shape index (κ2) is 5.55. The Hall–Kier alpha value is -2.18. The van der Waals surface area contributed by atoms with Gasteiger partial charge in [0.05, 0.1) is 41.8 Å². The first-order chi connectivity index (χ1) is 10.5. The molecule has 0 unspecified atom stereocenters. The number of fused-ring (bicyclic) bond motifs is 1. The van der Waals surface area contributed by atoms with Crippen molar-refractivity contribution in [1.82, 2.24) is 4.98 Å². The van der Waals surface area contributed by atoms with E-state index in [0.717, 1.165) is 4.90 Å². The lowest BCUT2D eigenvalue weighted by Crippen LogP contribution is -3.04. The molecule has 2 N–H and O–H groups in total. The fourth-order valence-corrected chi connectivity index (χ4v) is 3.11. The van der Waals surface area contributed by atoms with Crippen molar-refractivity contribution in [1.29, 1.82) is 0 Å². The fourth-order valence-electron chi connectivity index (χ4n) is 2.57. The Labute approximate surface area is 131 Å². The Morgan fingerprint density at radius 1 is 1.36 bits per heavy atom. The number of aromatic nitrogens is 1. The van der Waals surface area contributed by atoms with Gasteiger partial charge >= 0.3 is 0 Å². The summed E-state index contributed by atoms with van der Waals surface area (Å²) >= 11 is 1.44. The maximum Gasteiger partial charge on any atom is 0.202 e. The largest absolute Gasteiger partial charge is 0.507 e. The summed E-state index contributed by atoms with van der Waals surface area (Å²) in [5, 5.41) is 12.4. The van der Waals surface area contributed by atoms with Crippen molar-refractivity contribution >= 4 is 22.3 Å². The molecule has 2 aromatic heterocycles. The SMILES string of the molecule is Cc1oc2c(C[NH+](C)C)c(O)ccc2c(=O)c1-c1cscn1. The molecule has 0 spiro atoms. The molecule has 3 rings (SSSR count). The van der Waals surface area contributed by atoms with E-state index < -0.39 is 0 Å². The van der Waals surface area contributed by atoms with Crippen molar-refractivity contribution in [2.75, 3.05) is 14.1 Å². The van der Waals surface area contributed by atoms with Crippen LogP contribution >= 0.6 is 11.3 Å². The van der Waals surface area contributed by atoms with Crippen LogP contribution in [0.25, 0.3) is 22.2 Å². The average Bonchev–Trinajstić information content (AvgIpc) is 2.96. The van der Waals surface area contributed by atoms with E-state index in [0.29, 0.717) is 40.1 Å². The lowest BCUT2D eigenvalue weighted by molar-refractivity contribution is -0.872. The zero-order valence-electron chi connectivity index (χ0n) is 12.6. The molecule has 0 aliphatic rings. The van der Waals surface area contributed by atoms with E-state index in [1.807, 2.05) is 19.5 Å². The summed E-state index contributed by atoms with van der Waals surface area (Å²) in [6, 6.07) is 3.16. The number of quaternary nitrogens is 1. The maximum absolute atomic E-state index is 12.8. The summed E-state index contributed by atoms with van der Waals surface area (Å²) in [6.07, 6.45) is 0. The van der Waals surface area contributed by atoms with Crippen molar-refractivity contribution in [3.05, 3.63) is 44.6 Å². The number of benzene rings is 1. The number of thiazole rings is 1. The summed E-state index contributed by atoms with van der Waals surface area (Å²) < 4.78 is 5.90. The molecule has 114 valence electrons. The molecular weight excluding hydrogens is 300 g/mol. The number of aromatic hydroxyl groups is 1. The van der Waals surface area contributed by atoms with Gasteiger partial charge in [-0.2, -0.15) is 0 Å². The number of aryl methyl sites for hydroxylation is 1. The average molecular weight is 317 g/mol. The Balaban J connectivity index is 2.34. The van der Waals surface area contributed by atoms with Gasteiger partial charge in [0.25, 0.3) is 0 Å². The van der Waals surface area contributed by atoms with Gasteiger partial charge in [0, 0.05) is 5.38 Å². The molecule has 6 heteroatoms. The number of nitrogens with zero attached hydrogens (tertiary/aromatic N) is 1. The van der Waals surface area contributed by atoms with Gasteiger partial charge < -0.3 is 14.4 Å². The number of nitrogens with one attached hydrogen (secondary N) is 1. The number of rotatable bonds is 3. The smallest absolute Gasteiger partial charge is 0.202 e. The molecule has 0 fully saturated rings. The predicted molar refractivity (Wildman–Crippen MR) is 86.5 cm³/mol. The number of hydrogen-bond acceptors (Lipinski definition) is 5. The van der Waals surface area contributed by atoms with E-state index in [1.165, 1.54) is 11.3 Å². The summed E-state index contributed by atoms with van der Waals surface area (Å²) in [5.74, 6) is 0.668. The first kappa shape index (κ1) is 14.7. The fraction of sp³-hybridized carbons (Fsp3) is 0.250. The lowest BCUT2D eigenvalue weighted by Gasteiger charge is -2.12. The van der Waals surface area contributed by atoms with Gasteiger partial charge in [0.2, 0.25) is 5.43 Å². The molecule has 5 nitrogen and oxygen atoms in total. The zero-order valence-corrected chi connectivity index (χ0v) is 13.5. The van der Waals surface area contributed by atoms with E-state index in [9.17, 15) is 9.90 Å². The van der Waals surface area contributed by atoms with Crippen LogP contribution in [0.1, 0.15) is 11.3 Å². The van der Waals surface area contributed by atoms with Crippen molar-refractivity contribution in [2.24, 2.45) is 0 Å². The monoisotopic (exact) mass is 317 g/mol. The Kier molecular flexibility index (Phi) is 3.72. The van der Waals surface area contributed by atoms with Crippen LogP contribution in [0.2, 0.25) is 0 Å². The summed E-state index contributed by atoms with van der Waals surface area (Å²) in [5.41, 5.74) is 3.81. The lowest BCUT2D eigenvalue weighted by atomic mass is 10.0. The van der Waals surface area contributed by atoms with Crippen molar-refractivity contribution in [2.45, 2.75) is 13.5 Å². The second-order valence-corrected chi connectivity index (χ2v) is 6.28. The van der Waals surface area contributed by atoms with Gasteiger partial charge in [-0.3, -0.25) is 4.79 Å². The minimum Gasteiger partial charge on any atom is -0.507 e. The molecule has 0 amide bonds. The van der Waals surface area contributed by atoms with Crippen molar-refractivity contribution < 1.29 is 14.4 Å². The van der Waals surface area contributed by atoms with Crippen LogP contribution in [-0.4, -0.2) is 24.2 Å². The Bertz CT molecular complexity index is 883. The van der Waals surface area contributed by atoms with Gasteiger partial charge in [0.1, 0.15) is 18.1 Å². The highest BCUT2D eigenvalue weighted by atomic mass is 32.1. The van der Waals surface area contributed by atoms with Crippen LogP contribution in [0.5, 0.6) is 5.75 Å². The van der Waals surface area contributed by atoms with Gasteiger partial charge in [0.15, 0.2) is 5.58 Å². The Morgan fingerprint density at radius 3 is 2.77 bits per heavy atom. The first-order valence-corrected chi connectivity index (χ1v) is 7.89. The number of phenols is 1.